The van der Waals surface area contributed by atoms with Crippen LogP contribution in [0.15, 0.2) is 0 Å². The van der Waals surface area contributed by atoms with Crippen LogP contribution in [0.1, 0.15) is 71.6 Å². The van der Waals surface area contributed by atoms with Crippen molar-refractivity contribution in [3.8, 4) is 0 Å². The maximum atomic E-state index is 13.2. The molecule has 2 rings (SSSR count). The van der Waals surface area contributed by atoms with E-state index in [1.165, 1.54) is 12.8 Å². The van der Waals surface area contributed by atoms with Gasteiger partial charge in [0, 0.05) is 18.6 Å². The lowest BCUT2D eigenvalue weighted by Gasteiger charge is -2.47. The highest BCUT2D eigenvalue weighted by molar-refractivity contribution is 7.89. The molecular weight excluding hydrogens is 284 g/mol. The van der Waals surface area contributed by atoms with Gasteiger partial charge < -0.3 is 5.73 Å². The van der Waals surface area contributed by atoms with Crippen molar-refractivity contribution >= 4 is 10.0 Å². The normalized spacial score (nSPS) is 32.5. The van der Waals surface area contributed by atoms with Crippen LogP contribution in [-0.2, 0) is 10.0 Å². The van der Waals surface area contributed by atoms with Gasteiger partial charge in [0.2, 0.25) is 10.0 Å². The Morgan fingerprint density at radius 3 is 2.33 bits per heavy atom. The minimum Gasteiger partial charge on any atom is -0.329 e. The van der Waals surface area contributed by atoms with E-state index in [9.17, 15) is 8.42 Å². The monoisotopic (exact) mass is 316 g/mol. The molecule has 0 aliphatic heterocycles. The molecule has 0 saturated heterocycles. The van der Waals surface area contributed by atoms with E-state index >= 15 is 0 Å². The second-order valence-corrected chi connectivity index (χ2v) is 9.24. The van der Waals surface area contributed by atoms with E-state index < -0.39 is 10.0 Å². The summed E-state index contributed by atoms with van der Waals surface area (Å²) in [4.78, 5) is 0. The van der Waals surface area contributed by atoms with Gasteiger partial charge in [0.1, 0.15) is 0 Å². The molecule has 2 N–H and O–H groups in total. The lowest BCUT2D eigenvalue weighted by Crippen LogP contribution is -2.60. The maximum Gasteiger partial charge on any atom is 0.217 e. The molecule has 2 unspecified atom stereocenters. The molecule has 0 spiro atoms. The van der Waals surface area contributed by atoms with Crippen LogP contribution in [0.5, 0.6) is 0 Å². The van der Waals surface area contributed by atoms with Crippen molar-refractivity contribution in [1.29, 1.82) is 0 Å². The summed E-state index contributed by atoms with van der Waals surface area (Å²) < 4.78 is 28.1. The summed E-state index contributed by atoms with van der Waals surface area (Å²) in [6, 6.07) is 0. The molecule has 124 valence electrons. The molecule has 2 aliphatic carbocycles. The van der Waals surface area contributed by atoms with E-state index in [2.05, 4.69) is 6.92 Å². The van der Waals surface area contributed by atoms with Crippen LogP contribution in [0.4, 0.5) is 0 Å². The summed E-state index contributed by atoms with van der Waals surface area (Å²) in [5.41, 5.74) is 5.77. The number of nitrogens with two attached hydrogens (primary N) is 1. The molecule has 0 radical (unpaired) electrons. The fourth-order valence-corrected chi connectivity index (χ4v) is 6.90. The Labute approximate surface area is 130 Å². The summed E-state index contributed by atoms with van der Waals surface area (Å²) in [5, 5.41) is -0.174. The van der Waals surface area contributed by atoms with E-state index in [0.717, 1.165) is 44.9 Å². The van der Waals surface area contributed by atoms with Gasteiger partial charge in [-0.2, -0.15) is 4.31 Å². The van der Waals surface area contributed by atoms with Gasteiger partial charge in [0.05, 0.1) is 5.25 Å². The van der Waals surface area contributed by atoms with Gasteiger partial charge in [-0.1, -0.05) is 46.0 Å². The topological polar surface area (TPSA) is 63.4 Å². The molecule has 2 atom stereocenters. The van der Waals surface area contributed by atoms with Crippen LogP contribution in [0, 0.1) is 5.92 Å². The third kappa shape index (κ3) is 3.45. The van der Waals surface area contributed by atoms with Crippen molar-refractivity contribution in [3.05, 3.63) is 0 Å². The Morgan fingerprint density at radius 1 is 1.14 bits per heavy atom. The highest BCUT2D eigenvalue weighted by atomic mass is 32.2. The standard InChI is InChI=1S/C16H32N2O2S/c1-3-18(16(13-17)11-7-8-14(2)12-16)21(19,20)15-9-5-4-6-10-15/h14-15H,3-13,17H2,1-2H3. The fraction of sp³-hybridized carbons (Fsp3) is 1.00. The summed E-state index contributed by atoms with van der Waals surface area (Å²) >= 11 is 0. The average Bonchev–Trinajstić information content (AvgIpc) is 2.48. The van der Waals surface area contributed by atoms with Gasteiger partial charge in [-0.15, -0.1) is 0 Å². The second-order valence-electron chi connectivity index (χ2n) is 7.10. The van der Waals surface area contributed by atoms with Gasteiger partial charge in [-0.3, -0.25) is 0 Å². The molecule has 5 heteroatoms. The Balaban J connectivity index is 2.27. The van der Waals surface area contributed by atoms with Crippen LogP contribution in [0.2, 0.25) is 0 Å². The summed E-state index contributed by atoms with van der Waals surface area (Å²) in [5.74, 6) is 0.568. The fourth-order valence-electron chi connectivity index (χ4n) is 4.47. The van der Waals surface area contributed by atoms with Crippen LogP contribution in [-0.4, -0.2) is 36.6 Å². The molecule has 0 bridgehead atoms. The number of nitrogens with zero attached hydrogens (tertiary/aromatic N) is 1. The van der Waals surface area contributed by atoms with Crippen molar-refractivity contribution in [1.82, 2.24) is 4.31 Å². The van der Waals surface area contributed by atoms with E-state index in [1.807, 2.05) is 6.92 Å². The van der Waals surface area contributed by atoms with Crippen LogP contribution >= 0.6 is 0 Å². The van der Waals surface area contributed by atoms with Crippen molar-refractivity contribution in [2.75, 3.05) is 13.1 Å². The highest BCUT2D eigenvalue weighted by Gasteiger charge is 2.46. The van der Waals surface area contributed by atoms with Crippen LogP contribution in [0.3, 0.4) is 0 Å². The zero-order valence-electron chi connectivity index (χ0n) is 13.7. The van der Waals surface area contributed by atoms with Crippen LogP contribution in [0.25, 0.3) is 0 Å². The Bertz CT molecular complexity index is 432. The average molecular weight is 317 g/mol. The van der Waals surface area contributed by atoms with Crippen molar-refractivity contribution in [2.45, 2.75) is 82.4 Å². The molecule has 0 aromatic heterocycles. The lowest BCUT2D eigenvalue weighted by molar-refractivity contribution is 0.111. The summed E-state index contributed by atoms with van der Waals surface area (Å²) in [6.07, 6.45) is 9.07. The minimum absolute atomic E-state index is 0.174. The Morgan fingerprint density at radius 2 is 1.81 bits per heavy atom. The zero-order valence-corrected chi connectivity index (χ0v) is 14.5. The molecule has 0 heterocycles. The van der Waals surface area contributed by atoms with Crippen molar-refractivity contribution in [3.63, 3.8) is 0 Å². The largest absolute Gasteiger partial charge is 0.329 e. The zero-order chi connectivity index (χ0) is 15.5. The smallest absolute Gasteiger partial charge is 0.217 e. The Hall–Kier alpha value is -0.130. The lowest BCUT2D eigenvalue weighted by atomic mass is 9.76. The third-order valence-corrected chi connectivity index (χ3v) is 8.12. The first-order valence-corrected chi connectivity index (χ1v) is 10.2. The van der Waals surface area contributed by atoms with Gasteiger partial charge in [-0.05, 0) is 31.6 Å². The molecule has 2 aliphatic rings. The minimum atomic E-state index is -3.21. The molecule has 0 aromatic carbocycles. The molecule has 2 saturated carbocycles. The molecule has 4 nitrogen and oxygen atoms in total. The molecule has 2 fully saturated rings. The predicted octanol–water partition coefficient (Wildman–Crippen LogP) is 2.88. The Kier molecular flexibility index (Phi) is 5.71. The number of hydrogen-bond acceptors (Lipinski definition) is 3. The van der Waals surface area contributed by atoms with Crippen molar-refractivity contribution < 1.29 is 8.42 Å². The first-order chi connectivity index (χ1) is 9.96. The SMILES string of the molecule is CCN(C1(CN)CCCC(C)C1)S(=O)(=O)C1CCCCC1. The highest BCUT2D eigenvalue weighted by Crippen LogP contribution is 2.39. The summed E-state index contributed by atoms with van der Waals surface area (Å²) in [7, 11) is -3.21. The van der Waals surface area contributed by atoms with Gasteiger partial charge in [0.15, 0.2) is 0 Å². The third-order valence-electron chi connectivity index (χ3n) is 5.54. The number of hydrogen-bond donors (Lipinski definition) is 1. The molecular formula is C16H32N2O2S. The quantitative estimate of drug-likeness (QED) is 0.848. The number of likely N-dealkylation sites (N-methyl/N-ethyl adjacent to an activating group) is 1. The molecule has 21 heavy (non-hydrogen) atoms. The maximum absolute atomic E-state index is 13.2. The van der Waals surface area contributed by atoms with Gasteiger partial charge in [0.25, 0.3) is 0 Å². The van der Waals surface area contributed by atoms with Crippen molar-refractivity contribution in [2.24, 2.45) is 11.7 Å². The second kappa shape index (κ2) is 6.97. The number of sulfonamides is 1. The molecule has 0 aromatic rings. The molecule has 0 amide bonds. The van der Waals surface area contributed by atoms with E-state index in [0.29, 0.717) is 19.0 Å². The van der Waals surface area contributed by atoms with Gasteiger partial charge in [-0.25, -0.2) is 8.42 Å². The first-order valence-electron chi connectivity index (χ1n) is 8.68. The summed E-state index contributed by atoms with van der Waals surface area (Å²) in [6.45, 7) is 5.21. The predicted molar refractivity (Wildman–Crippen MR) is 87.6 cm³/mol. The first kappa shape index (κ1) is 17.2. The van der Waals surface area contributed by atoms with E-state index in [4.69, 9.17) is 5.73 Å². The van der Waals surface area contributed by atoms with Gasteiger partial charge >= 0.3 is 0 Å². The van der Waals surface area contributed by atoms with Crippen LogP contribution < -0.4 is 5.73 Å². The van der Waals surface area contributed by atoms with E-state index in [1.54, 1.807) is 4.31 Å². The van der Waals surface area contributed by atoms with E-state index in [-0.39, 0.29) is 10.8 Å². The number of rotatable bonds is 5.